The van der Waals surface area contributed by atoms with Crippen molar-refractivity contribution in [2.45, 2.75) is 25.3 Å². The fourth-order valence-corrected chi connectivity index (χ4v) is 1.80. The smallest absolute Gasteiger partial charge is 0.319 e. The van der Waals surface area contributed by atoms with Crippen LogP contribution in [0.5, 0.6) is 5.75 Å². The molecule has 0 aliphatic carbocycles. The summed E-state index contributed by atoms with van der Waals surface area (Å²) in [5.74, 6) is -3.18. The molecule has 1 N–H and O–H groups in total. The minimum atomic E-state index is -3.99. The summed E-state index contributed by atoms with van der Waals surface area (Å²) in [6.07, 6.45) is -2.85. The second-order valence-corrected chi connectivity index (χ2v) is 4.21. The first-order chi connectivity index (χ1) is 8.49. The second kappa shape index (κ2) is 5.14. The van der Waals surface area contributed by atoms with Crippen LogP contribution in [0.2, 0.25) is 0 Å². The Morgan fingerprint density at radius 2 is 2.11 bits per heavy atom. The number of alkyl halides is 4. The standard InChI is InChI=1S/C12H13F4NO/c13-11(14)12(15,16)7-17-6-8-1-2-10-9(5-8)3-4-18-10/h1-2,5,11,17H,3-4,6-7H2. The SMILES string of the molecule is FC(F)C(F)(F)CNCc1ccc2c(c1)CCO2. The van der Waals surface area contributed by atoms with Gasteiger partial charge in [-0.1, -0.05) is 12.1 Å². The van der Waals surface area contributed by atoms with Crippen molar-refractivity contribution in [3.63, 3.8) is 0 Å². The molecule has 1 aliphatic heterocycles. The molecule has 18 heavy (non-hydrogen) atoms. The van der Waals surface area contributed by atoms with E-state index in [0.29, 0.717) is 6.61 Å². The van der Waals surface area contributed by atoms with Crippen LogP contribution in [0.3, 0.4) is 0 Å². The minimum absolute atomic E-state index is 0.135. The second-order valence-electron chi connectivity index (χ2n) is 4.21. The third-order valence-corrected chi connectivity index (χ3v) is 2.76. The zero-order valence-electron chi connectivity index (χ0n) is 9.56. The number of halogens is 4. The summed E-state index contributed by atoms with van der Waals surface area (Å²) in [5.41, 5.74) is 1.80. The Morgan fingerprint density at radius 1 is 1.33 bits per heavy atom. The highest BCUT2D eigenvalue weighted by molar-refractivity contribution is 5.39. The summed E-state index contributed by atoms with van der Waals surface area (Å²) in [7, 11) is 0. The molecule has 1 aromatic rings. The highest BCUT2D eigenvalue weighted by atomic mass is 19.3. The molecule has 0 saturated carbocycles. The molecule has 1 aromatic carbocycles. The van der Waals surface area contributed by atoms with E-state index < -0.39 is 18.9 Å². The lowest BCUT2D eigenvalue weighted by Crippen LogP contribution is -2.38. The van der Waals surface area contributed by atoms with Gasteiger partial charge in [0.05, 0.1) is 13.2 Å². The maximum atomic E-state index is 12.6. The van der Waals surface area contributed by atoms with Gasteiger partial charge in [-0.2, -0.15) is 8.78 Å². The first-order valence-electron chi connectivity index (χ1n) is 5.60. The molecule has 0 radical (unpaired) electrons. The van der Waals surface area contributed by atoms with Gasteiger partial charge >= 0.3 is 12.3 Å². The third-order valence-electron chi connectivity index (χ3n) is 2.76. The molecule has 6 heteroatoms. The Morgan fingerprint density at radius 3 is 2.83 bits per heavy atom. The first kappa shape index (κ1) is 13.1. The van der Waals surface area contributed by atoms with E-state index in [4.69, 9.17) is 4.74 Å². The number of benzene rings is 1. The van der Waals surface area contributed by atoms with E-state index in [1.165, 1.54) is 0 Å². The van der Waals surface area contributed by atoms with E-state index in [1.807, 2.05) is 6.07 Å². The van der Waals surface area contributed by atoms with Gasteiger partial charge in [-0.05, 0) is 17.2 Å². The number of fused-ring (bicyclic) bond motifs is 1. The molecule has 0 unspecified atom stereocenters. The Labute approximate surface area is 102 Å². The van der Waals surface area contributed by atoms with E-state index in [-0.39, 0.29) is 6.54 Å². The lowest BCUT2D eigenvalue weighted by Gasteiger charge is -2.15. The average molecular weight is 263 g/mol. The quantitative estimate of drug-likeness (QED) is 0.824. The van der Waals surface area contributed by atoms with Crippen LogP contribution in [-0.2, 0) is 13.0 Å². The Bertz CT molecular complexity index is 423. The summed E-state index contributed by atoms with van der Waals surface area (Å²) >= 11 is 0. The minimum Gasteiger partial charge on any atom is -0.493 e. The van der Waals surface area contributed by atoms with Gasteiger partial charge in [0.2, 0.25) is 0 Å². The molecule has 0 amide bonds. The van der Waals surface area contributed by atoms with Crippen molar-refractivity contribution in [1.82, 2.24) is 5.32 Å². The van der Waals surface area contributed by atoms with Gasteiger partial charge in [-0.25, -0.2) is 8.78 Å². The van der Waals surface area contributed by atoms with Crippen molar-refractivity contribution < 1.29 is 22.3 Å². The predicted octanol–water partition coefficient (Wildman–Crippen LogP) is 2.61. The van der Waals surface area contributed by atoms with Gasteiger partial charge in [0.25, 0.3) is 0 Å². The van der Waals surface area contributed by atoms with Crippen LogP contribution in [0.4, 0.5) is 17.6 Å². The van der Waals surface area contributed by atoms with Gasteiger partial charge < -0.3 is 10.1 Å². The van der Waals surface area contributed by atoms with Gasteiger partial charge in [0, 0.05) is 13.0 Å². The van der Waals surface area contributed by atoms with E-state index in [9.17, 15) is 17.6 Å². The van der Waals surface area contributed by atoms with Gasteiger partial charge in [0.15, 0.2) is 0 Å². The fraction of sp³-hybridized carbons (Fsp3) is 0.500. The molecule has 0 fully saturated rings. The van der Waals surface area contributed by atoms with Crippen LogP contribution in [0.25, 0.3) is 0 Å². The van der Waals surface area contributed by atoms with Crippen LogP contribution in [0.1, 0.15) is 11.1 Å². The van der Waals surface area contributed by atoms with E-state index in [2.05, 4.69) is 5.32 Å². The highest BCUT2D eigenvalue weighted by Crippen LogP contribution is 2.26. The zero-order valence-corrected chi connectivity index (χ0v) is 9.56. The van der Waals surface area contributed by atoms with Crippen molar-refractivity contribution in [3.05, 3.63) is 29.3 Å². The number of ether oxygens (including phenoxy) is 1. The molecule has 2 nitrogen and oxygen atoms in total. The monoisotopic (exact) mass is 263 g/mol. The summed E-state index contributed by atoms with van der Waals surface area (Å²) < 4.78 is 54.4. The van der Waals surface area contributed by atoms with Crippen LogP contribution in [0, 0.1) is 0 Å². The van der Waals surface area contributed by atoms with Gasteiger partial charge in [-0.3, -0.25) is 0 Å². The number of nitrogens with one attached hydrogen (secondary N) is 1. The topological polar surface area (TPSA) is 21.3 Å². The summed E-state index contributed by atoms with van der Waals surface area (Å²) in [5, 5.41) is 2.34. The third kappa shape index (κ3) is 2.93. The largest absolute Gasteiger partial charge is 0.493 e. The molecule has 1 heterocycles. The Hall–Kier alpha value is -1.30. The van der Waals surface area contributed by atoms with E-state index in [1.54, 1.807) is 12.1 Å². The van der Waals surface area contributed by atoms with Crippen LogP contribution < -0.4 is 10.1 Å². The van der Waals surface area contributed by atoms with Crippen LogP contribution in [-0.4, -0.2) is 25.5 Å². The molecule has 0 atom stereocenters. The highest BCUT2D eigenvalue weighted by Gasteiger charge is 2.39. The molecular weight excluding hydrogens is 250 g/mol. The van der Waals surface area contributed by atoms with Crippen molar-refractivity contribution in [2.75, 3.05) is 13.2 Å². The molecule has 0 bridgehead atoms. The normalized spacial score (nSPS) is 14.7. The van der Waals surface area contributed by atoms with Crippen LogP contribution in [0.15, 0.2) is 18.2 Å². The van der Waals surface area contributed by atoms with Gasteiger partial charge in [0.1, 0.15) is 5.75 Å². The Kier molecular flexibility index (Phi) is 3.75. The molecule has 0 spiro atoms. The molecule has 0 saturated heterocycles. The summed E-state index contributed by atoms with van der Waals surface area (Å²) in [6, 6.07) is 5.35. The van der Waals surface area contributed by atoms with Crippen molar-refractivity contribution in [3.8, 4) is 5.75 Å². The summed E-state index contributed by atoms with van der Waals surface area (Å²) in [4.78, 5) is 0. The van der Waals surface area contributed by atoms with E-state index >= 15 is 0 Å². The van der Waals surface area contributed by atoms with E-state index in [0.717, 1.165) is 23.3 Å². The van der Waals surface area contributed by atoms with Crippen molar-refractivity contribution in [1.29, 1.82) is 0 Å². The van der Waals surface area contributed by atoms with Gasteiger partial charge in [-0.15, -0.1) is 0 Å². The summed E-state index contributed by atoms with van der Waals surface area (Å²) in [6.45, 7) is -0.274. The maximum absolute atomic E-state index is 12.6. The van der Waals surface area contributed by atoms with Crippen molar-refractivity contribution in [2.24, 2.45) is 0 Å². The average Bonchev–Trinajstić information content (AvgIpc) is 2.75. The maximum Gasteiger partial charge on any atom is 0.319 e. The van der Waals surface area contributed by atoms with Crippen molar-refractivity contribution >= 4 is 0 Å². The number of hydrogen-bond donors (Lipinski definition) is 1. The predicted molar refractivity (Wildman–Crippen MR) is 58.3 cm³/mol. The van der Waals surface area contributed by atoms with Crippen LogP contribution >= 0.6 is 0 Å². The lowest BCUT2D eigenvalue weighted by molar-refractivity contribution is -0.125. The fourth-order valence-electron chi connectivity index (χ4n) is 1.80. The zero-order chi connectivity index (χ0) is 13.2. The molecule has 1 aliphatic rings. The lowest BCUT2D eigenvalue weighted by atomic mass is 10.1. The molecule has 100 valence electrons. The number of hydrogen-bond acceptors (Lipinski definition) is 2. The Balaban J connectivity index is 1.87. The molecular formula is C12H13F4NO. The molecule has 0 aromatic heterocycles. The first-order valence-corrected chi connectivity index (χ1v) is 5.60. The molecule has 2 rings (SSSR count). The number of rotatable bonds is 5.